The first-order chi connectivity index (χ1) is 12.2. The lowest BCUT2D eigenvalue weighted by Crippen LogP contribution is -2.36. The molecule has 0 spiro atoms. The van der Waals surface area contributed by atoms with Gasteiger partial charge in [-0.05, 0) is 53.8 Å². The van der Waals surface area contributed by atoms with Gasteiger partial charge in [-0.3, -0.25) is 0 Å². The van der Waals surface area contributed by atoms with Gasteiger partial charge in [0.05, 0.1) is 11.4 Å². The molecular weight excluding hydrogens is 304 g/mol. The summed E-state index contributed by atoms with van der Waals surface area (Å²) < 4.78 is 0. The molecule has 0 amide bonds. The fourth-order valence-corrected chi connectivity index (χ4v) is 4.45. The highest BCUT2D eigenvalue weighted by Crippen LogP contribution is 2.52. The van der Waals surface area contributed by atoms with Crippen LogP contribution in [0.5, 0.6) is 0 Å². The van der Waals surface area contributed by atoms with Crippen molar-refractivity contribution < 1.29 is 0 Å². The molecule has 0 N–H and O–H groups in total. The van der Waals surface area contributed by atoms with Gasteiger partial charge in [0.25, 0.3) is 0 Å². The van der Waals surface area contributed by atoms with E-state index >= 15 is 0 Å². The van der Waals surface area contributed by atoms with Crippen LogP contribution in [0.1, 0.15) is 23.6 Å². The van der Waals surface area contributed by atoms with Crippen LogP contribution in [0, 0.1) is 6.92 Å². The van der Waals surface area contributed by atoms with Gasteiger partial charge in [0.2, 0.25) is 0 Å². The molecule has 0 saturated carbocycles. The van der Waals surface area contributed by atoms with Gasteiger partial charge in [0.1, 0.15) is 6.17 Å². The molecule has 1 heterocycles. The van der Waals surface area contributed by atoms with Crippen molar-refractivity contribution in [3.8, 4) is 11.1 Å². The highest BCUT2D eigenvalue weighted by Gasteiger charge is 2.36. The summed E-state index contributed by atoms with van der Waals surface area (Å²) in [5.74, 6) is 0. The monoisotopic (exact) mass is 326 g/mol. The lowest BCUT2D eigenvalue weighted by Gasteiger charge is -2.29. The summed E-state index contributed by atoms with van der Waals surface area (Å²) in [6, 6.07) is 22.1. The highest BCUT2D eigenvalue weighted by molar-refractivity contribution is 5.94. The molecule has 3 aromatic rings. The van der Waals surface area contributed by atoms with Gasteiger partial charge < -0.3 is 9.80 Å². The maximum absolute atomic E-state index is 2.52. The molecule has 0 fully saturated rings. The maximum atomic E-state index is 2.52. The maximum Gasteiger partial charge on any atom is 0.103 e. The van der Waals surface area contributed by atoms with Crippen molar-refractivity contribution >= 4 is 17.1 Å². The van der Waals surface area contributed by atoms with E-state index in [0.29, 0.717) is 6.17 Å². The van der Waals surface area contributed by atoms with E-state index in [1.54, 1.807) is 0 Å². The second-order valence-electron chi connectivity index (χ2n) is 7.19. The molecule has 0 unspecified atom stereocenters. The Balaban J connectivity index is 1.77. The smallest absolute Gasteiger partial charge is 0.103 e. The van der Waals surface area contributed by atoms with Gasteiger partial charge in [-0.2, -0.15) is 0 Å². The number of benzene rings is 3. The Kier molecular flexibility index (Phi) is 2.99. The van der Waals surface area contributed by atoms with E-state index in [0.717, 1.165) is 6.42 Å². The molecule has 1 atom stereocenters. The summed E-state index contributed by atoms with van der Waals surface area (Å²) >= 11 is 0. The minimum atomic E-state index is 0.311. The summed E-state index contributed by atoms with van der Waals surface area (Å²) in [4.78, 5) is 4.92. The third-order valence-electron chi connectivity index (χ3n) is 5.87. The number of para-hydroxylation sites is 1. The van der Waals surface area contributed by atoms with E-state index in [-0.39, 0.29) is 0 Å². The zero-order chi connectivity index (χ0) is 17.1. The number of fused-ring (bicyclic) bond motifs is 5. The van der Waals surface area contributed by atoms with Gasteiger partial charge >= 0.3 is 0 Å². The Morgan fingerprint density at radius 1 is 0.840 bits per heavy atom. The summed E-state index contributed by atoms with van der Waals surface area (Å²) in [6.45, 7) is 4.50. The fraction of sp³-hybridized carbons (Fsp3) is 0.217. The van der Waals surface area contributed by atoms with Crippen molar-refractivity contribution in [3.63, 3.8) is 0 Å². The van der Waals surface area contributed by atoms with Gasteiger partial charge in [-0.15, -0.1) is 0 Å². The molecule has 1 aliphatic carbocycles. The molecule has 0 saturated heterocycles. The molecule has 3 aromatic carbocycles. The topological polar surface area (TPSA) is 6.48 Å². The first-order valence-corrected chi connectivity index (χ1v) is 8.98. The average Bonchev–Trinajstić information content (AvgIpc) is 3.12. The molecular formula is C23H22N2. The first-order valence-electron chi connectivity index (χ1n) is 8.98. The normalized spacial score (nSPS) is 17.5. The van der Waals surface area contributed by atoms with Crippen LogP contribution in [0.2, 0.25) is 0 Å². The molecule has 25 heavy (non-hydrogen) atoms. The van der Waals surface area contributed by atoms with Crippen LogP contribution < -0.4 is 9.80 Å². The van der Waals surface area contributed by atoms with Crippen LogP contribution >= 0.6 is 0 Å². The third kappa shape index (κ3) is 1.91. The number of anilines is 3. The zero-order valence-electron chi connectivity index (χ0n) is 15.0. The van der Waals surface area contributed by atoms with Crippen molar-refractivity contribution in [2.45, 2.75) is 26.4 Å². The van der Waals surface area contributed by atoms with Crippen LogP contribution in [-0.4, -0.2) is 13.2 Å². The van der Waals surface area contributed by atoms with Gasteiger partial charge in [-0.1, -0.05) is 48.5 Å². The third-order valence-corrected chi connectivity index (χ3v) is 5.87. The predicted octanol–water partition coefficient (Wildman–Crippen LogP) is 5.50. The summed E-state index contributed by atoms with van der Waals surface area (Å²) in [5.41, 5.74) is 11.1. The number of nitrogens with zero attached hydrogens (tertiary/aromatic N) is 2. The summed E-state index contributed by atoms with van der Waals surface area (Å²) in [5, 5.41) is 0. The number of rotatable bonds is 1. The molecule has 0 radical (unpaired) electrons. The van der Waals surface area contributed by atoms with E-state index in [1.807, 2.05) is 0 Å². The van der Waals surface area contributed by atoms with E-state index in [1.165, 1.54) is 44.9 Å². The fourth-order valence-electron chi connectivity index (χ4n) is 4.45. The van der Waals surface area contributed by atoms with Crippen molar-refractivity contribution in [2.24, 2.45) is 0 Å². The molecule has 2 heteroatoms. The molecule has 0 bridgehead atoms. The largest absolute Gasteiger partial charge is 0.353 e. The number of aryl methyl sites for hydroxylation is 1. The molecule has 124 valence electrons. The minimum absolute atomic E-state index is 0.311. The molecule has 5 rings (SSSR count). The average molecular weight is 326 g/mol. The van der Waals surface area contributed by atoms with Crippen LogP contribution in [0.4, 0.5) is 17.1 Å². The van der Waals surface area contributed by atoms with Crippen LogP contribution in [0.25, 0.3) is 11.1 Å². The first kappa shape index (κ1) is 14.6. The van der Waals surface area contributed by atoms with Gasteiger partial charge in [0, 0.05) is 19.2 Å². The Bertz CT molecular complexity index is 989. The van der Waals surface area contributed by atoms with E-state index < -0.39 is 0 Å². The lowest BCUT2D eigenvalue weighted by molar-refractivity contribution is 0.732. The Morgan fingerprint density at radius 2 is 1.60 bits per heavy atom. The second-order valence-corrected chi connectivity index (χ2v) is 7.19. The predicted molar refractivity (Wildman–Crippen MR) is 106 cm³/mol. The molecule has 2 nitrogen and oxygen atoms in total. The van der Waals surface area contributed by atoms with Crippen molar-refractivity contribution in [3.05, 3.63) is 77.4 Å². The van der Waals surface area contributed by atoms with E-state index in [9.17, 15) is 0 Å². The van der Waals surface area contributed by atoms with Crippen molar-refractivity contribution in [1.82, 2.24) is 0 Å². The second kappa shape index (κ2) is 5.13. The van der Waals surface area contributed by atoms with Crippen molar-refractivity contribution in [1.29, 1.82) is 0 Å². The number of hydrogen-bond acceptors (Lipinski definition) is 2. The highest BCUT2D eigenvalue weighted by atomic mass is 15.4. The number of hydrogen-bond donors (Lipinski definition) is 0. The lowest BCUT2D eigenvalue weighted by atomic mass is 10.0. The van der Waals surface area contributed by atoms with Crippen LogP contribution in [-0.2, 0) is 6.42 Å². The Morgan fingerprint density at radius 3 is 2.44 bits per heavy atom. The Labute approximate surface area is 149 Å². The molecule has 1 aliphatic heterocycles. The summed E-state index contributed by atoms with van der Waals surface area (Å²) in [6.07, 6.45) is 1.34. The quantitative estimate of drug-likeness (QED) is 0.456. The van der Waals surface area contributed by atoms with Crippen LogP contribution in [0.3, 0.4) is 0 Å². The SMILES string of the molecule is Cc1ccccc1N1c2c(ccc3c2Cc2ccccc2-3)N(C)[C@@H]1C. The van der Waals surface area contributed by atoms with Gasteiger partial charge in [0.15, 0.2) is 0 Å². The van der Waals surface area contributed by atoms with E-state index in [4.69, 9.17) is 0 Å². The molecule has 2 aliphatic rings. The standard InChI is InChI=1S/C23H22N2/c1-15-8-4-7-11-21(15)25-16(2)24(3)22-13-12-19-18-10-6-5-9-17(18)14-20(19)23(22)25/h4-13,16H,14H2,1-3H3/t16-/m0/s1. The zero-order valence-corrected chi connectivity index (χ0v) is 15.0. The van der Waals surface area contributed by atoms with E-state index in [2.05, 4.69) is 91.4 Å². The molecule has 0 aromatic heterocycles. The summed E-state index contributed by atoms with van der Waals surface area (Å²) in [7, 11) is 2.20. The van der Waals surface area contributed by atoms with Crippen LogP contribution in [0.15, 0.2) is 60.7 Å². The Hall–Kier alpha value is -2.74. The van der Waals surface area contributed by atoms with Crippen molar-refractivity contribution in [2.75, 3.05) is 16.8 Å². The van der Waals surface area contributed by atoms with Gasteiger partial charge in [-0.25, -0.2) is 0 Å². The minimum Gasteiger partial charge on any atom is -0.353 e.